The van der Waals surface area contributed by atoms with E-state index in [-0.39, 0.29) is 30.8 Å². The van der Waals surface area contributed by atoms with E-state index in [9.17, 15) is 22.8 Å². The van der Waals surface area contributed by atoms with Crippen molar-refractivity contribution in [2.75, 3.05) is 26.2 Å². The number of pyridine rings is 1. The van der Waals surface area contributed by atoms with Crippen molar-refractivity contribution in [2.24, 2.45) is 5.92 Å². The summed E-state index contributed by atoms with van der Waals surface area (Å²) >= 11 is 1.58. The highest BCUT2D eigenvalue weighted by Crippen LogP contribution is 2.24. The van der Waals surface area contributed by atoms with E-state index in [1.54, 1.807) is 17.4 Å². The molecule has 0 bridgehead atoms. The summed E-state index contributed by atoms with van der Waals surface area (Å²) in [6.07, 6.45) is 3.99. The fraction of sp³-hybridized carbons (Fsp3) is 0.400. The molecule has 32 heavy (non-hydrogen) atoms. The lowest BCUT2D eigenvalue weighted by molar-refractivity contribution is -0.153. The standard InChI is InChI=1S/C20H24N4O6S2/c25-18(23-20(27)22-9-5-16-3-2-12-31-16)14-30-19(26)15-6-10-24(11-7-15)32(28,29)17-4-1-8-21-13-17/h1-4,8,12-13,15H,5-7,9-11,14H2,(H2,22,23,25,27). The normalized spacial score (nSPS) is 15.1. The molecule has 1 aliphatic rings. The van der Waals surface area contributed by atoms with Crippen molar-refractivity contribution in [3.8, 4) is 0 Å². The second-order valence-electron chi connectivity index (χ2n) is 7.11. The zero-order valence-corrected chi connectivity index (χ0v) is 18.9. The van der Waals surface area contributed by atoms with Crippen LogP contribution in [-0.2, 0) is 30.8 Å². The molecule has 0 aliphatic carbocycles. The Morgan fingerprint density at radius 3 is 2.62 bits per heavy atom. The van der Waals surface area contributed by atoms with Crippen LogP contribution in [0.25, 0.3) is 0 Å². The summed E-state index contributed by atoms with van der Waals surface area (Å²) in [6, 6.07) is 6.23. The Bertz CT molecular complexity index is 1020. The number of piperidine rings is 1. The SMILES string of the molecule is O=C(COC(=O)C1CCN(S(=O)(=O)c2cccnc2)CC1)NC(=O)NCCc1cccs1. The number of carbonyl (C=O) groups is 3. The number of thiophene rings is 1. The molecular weight excluding hydrogens is 456 g/mol. The van der Waals surface area contributed by atoms with Crippen molar-refractivity contribution in [2.45, 2.75) is 24.2 Å². The summed E-state index contributed by atoms with van der Waals surface area (Å²) in [5.41, 5.74) is 0. The molecular formula is C20H24N4O6S2. The van der Waals surface area contributed by atoms with Crippen molar-refractivity contribution in [1.82, 2.24) is 19.9 Å². The number of ether oxygens (including phenoxy) is 1. The summed E-state index contributed by atoms with van der Waals surface area (Å²) in [5.74, 6) is -1.83. The van der Waals surface area contributed by atoms with Crippen LogP contribution in [0.4, 0.5) is 4.79 Å². The molecule has 172 valence electrons. The molecule has 2 aromatic heterocycles. The van der Waals surface area contributed by atoms with Crippen molar-refractivity contribution in [3.05, 3.63) is 46.9 Å². The van der Waals surface area contributed by atoms with Crippen LogP contribution in [0.1, 0.15) is 17.7 Å². The zero-order chi connectivity index (χ0) is 23.0. The predicted octanol–water partition coefficient (Wildman–Crippen LogP) is 1.16. The molecule has 0 radical (unpaired) electrons. The molecule has 3 heterocycles. The van der Waals surface area contributed by atoms with Gasteiger partial charge in [0.05, 0.1) is 5.92 Å². The number of urea groups is 1. The third-order valence-electron chi connectivity index (χ3n) is 4.89. The molecule has 0 atom stereocenters. The minimum atomic E-state index is -3.66. The molecule has 2 aromatic rings. The van der Waals surface area contributed by atoms with E-state index in [1.807, 2.05) is 17.5 Å². The number of hydrogen-bond acceptors (Lipinski definition) is 8. The number of sulfonamides is 1. The molecule has 10 nitrogen and oxygen atoms in total. The van der Waals surface area contributed by atoms with Gasteiger partial charge < -0.3 is 10.1 Å². The highest BCUT2D eigenvalue weighted by molar-refractivity contribution is 7.89. The Balaban J connectivity index is 1.35. The molecule has 3 amide bonds. The molecule has 1 aliphatic heterocycles. The second kappa shape index (κ2) is 11.2. The number of esters is 1. The largest absolute Gasteiger partial charge is 0.455 e. The summed E-state index contributed by atoms with van der Waals surface area (Å²) in [7, 11) is -3.66. The van der Waals surface area contributed by atoms with Gasteiger partial charge in [-0.05, 0) is 42.8 Å². The highest BCUT2D eigenvalue weighted by atomic mass is 32.2. The molecule has 0 saturated carbocycles. The second-order valence-corrected chi connectivity index (χ2v) is 10.1. The Morgan fingerprint density at radius 1 is 1.19 bits per heavy atom. The van der Waals surface area contributed by atoms with Gasteiger partial charge in [0.25, 0.3) is 5.91 Å². The van der Waals surface area contributed by atoms with Gasteiger partial charge in [0.2, 0.25) is 10.0 Å². The average molecular weight is 481 g/mol. The molecule has 2 N–H and O–H groups in total. The van der Waals surface area contributed by atoms with Gasteiger partial charge in [-0.3, -0.25) is 19.9 Å². The third kappa shape index (κ3) is 6.58. The third-order valence-corrected chi connectivity index (χ3v) is 7.71. The smallest absolute Gasteiger partial charge is 0.321 e. The van der Waals surface area contributed by atoms with Crippen LogP contribution in [0.15, 0.2) is 46.9 Å². The fourth-order valence-electron chi connectivity index (χ4n) is 3.20. The Kier molecular flexibility index (Phi) is 8.31. The van der Waals surface area contributed by atoms with Gasteiger partial charge in [0.15, 0.2) is 6.61 Å². The lowest BCUT2D eigenvalue weighted by atomic mass is 9.98. The van der Waals surface area contributed by atoms with Gasteiger partial charge in [-0.15, -0.1) is 11.3 Å². The minimum Gasteiger partial charge on any atom is -0.455 e. The summed E-state index contributed by atoms with van der Waals surface area (Å²) < 4.78 is 31.5. The monoisotopic (exact) mass is 480 g/mol. The summed E-state index contributed by atoms with van der Waals surface area (Å²) in [6.45, 7) is 0.122. The number of carbonyl (C=O) groups excluding carboxylic acids is 3. The lowest BCUT2D eigenvalue weighted by Gasteiger charge is -2.29. The highest BCUT2D eigenvalue weighted by Gasteiger charge is 2.33. The first-order valence-corrected chi connectivity index (χ1v) is 12.3. The Morgan fingerprint density at radius 2 is 1.97 bits per heavy atom. The lowest BCUT2D eigenvalue weighted by Crippen LogP contribution is -2.43. The van der Waals surface area contributed by atoms with Crippen LogP contribution in [0, 0.1) is 5.92 Å². The number of nitrogens with one attached hydrogen (secondary N) is 2. The zero-order valence-electron chi connectivity index (χ0n) is 17.2. The minimum absolute atomic E-state index is 0.103. The van der Waals surface area contributed by atoms with E-state index in [2.05, 4.69) is 15.6 Å². The quantitative estimate of drug-likeness (QED) is 0.541. The topological polar surface area (TPSA) is 135 Å². The van der Waals surface area contributed by atoms with Crippen LogP contribution < -0.4 is 10.6 Å². The van der Waals surface area contributed by atoms with Crippen molar-refractivity contribution in [1.29, 1.82) is 0 Å². The Labute approximate surface area is 190 Å². The molecule has 0 aromatic carbocycles. The number of hydrogen-bond donors (Lipinski definition) is 2. The van der Waals surface area contributed by atoms with E-state index in [1.165, 1.54) is 22.8 Å². The number of rotatable bonds is 8. The van der Waals surface area contributed by atoms with Gasteiger partial charge >= 0.3 is 12.0 Å². The Hall–Kier alpha value is -2.83. The van der Waals surface area contributed by atoms with Crippen LogP contribution >= 0.6 is 11.3 Å². The number of nitrogens with zero attached hydrogens (tertiary/aromatic N) is 2. The van der Waals surface area contributed by atoms with Crippen LogP contribution in [0.5, 0.6) is 0 Å². The van der Waals surface area contributed by atoms with E-state index >= 15 is 0 Å². The summed E-state index contributed by atoms with van der Waals surface area (Å²) in [5, 5.41) is 6.61. The van der Waals surface area contributed by atoms with Gasteiger partial charge in [0.1, 0.15) is 4.90 Å². The molecule has 0 spiro atoms. The first-order chi connectivity index (χ1) is 15.4. The maximum Gasteiger partial charge on any atom is 0.321 e. The van der Waals surface area contributed by atoms with Gasteiger partial charge in [-0.25, -0.2) is 13.2 Å². The van der Waals surface area contributed by atoms with E-state index in [4.69, 9.17) is 4.74 Å². The molecule has 1 fully saturated rings. The van der Waals surface area contributed by atoms with E-state index < -0.39 is 40.5 Å². The summed E-state index contributed by atoms with van der Waals surface area (Å²) in [4.78, 5) is 40.9. The maximum atomic E-state index is 12.6. The van der Waals surface area contributed by atoms with Crippen molar-refractivity contribution >= 4 is 39.3 Å². The number of aromatic nitrogens is 1. The van der Waals surface area contributed by atoms with Crippen molar-refractivity contribution in [3.63, 3.8) is 0 Å². The first-order valence-electron chi connectivity index (χ1n) is 10.0. The molecule has 3 rings (SSSR count). The molecule has 0 unspecified atom stereocenters. The van der Waals surface area contributed by atoms with Crippen molar-refractivity contribution < 1.29 is 27.5 Å². The predicted molar refractivity (Wildman–Crippen MR) is 116 cm³/mol. The van der Waals surface area contributed by atoms with Gasteiger partial charge in [-0.2, -0.15) is 4.31 Å². The van der Waals surface area contributed by atoms with Gasteiger partial charge in [-0.1, -0.05) is 6.07 Å². The van der Waals surface area contributed by atoms with Crippen LogP contribution in [0.3, 0.4) is 0 Å². The first kappa shape index (κ1) is 23.8. The number of amides is 3. The van der Waals surface area contributed by atoms with Gasteiger partial charge in [0, 0.05) is 36.9 Å². The van der Waals surface area contributed by atoms with E-state index in [0.717, 1.165) is 4.88 Å². The van der Waals surface area contributed by atoms with Crippen LogP contribution in [-0.4, -0.2) is 61.9 Å². The average Bonchev–Trinajstić information content (AvgIpc) is 3.31. The van der Waals surface area contributed by atoms with Crippen LogP contribution in [0.2, 0.25) is 0 Å². The van der Waals surface area contributed by atoms with E-state index in [0.29, 0.717) is 13.0 Å². The molecule has 12 heteroatoms. The maximum absolute atomic E-state index is 12.6. The molecule has 1 saturated heterocycles. The number of imide groups is 1. The fourth-order valence-corrected chi connectivity index (χ4v) is 5.34.